The predicted octanol–water partition coefficient (Wildman–Crippen LogP) is 3.78. The molecule has 0 unspecified atom stereocenters. The quantitative estimate of drug-likeness (QED) is 0.492. The van der Waals surface area contributed by atoms with Crippen LogP contribution in [0.2, 0.25) is 5.02 Å². The Morgan fingerprint density at radius 2 is 1.91 bits per heavy atom. The number of hydrogen-bond acceptors (Lipinski definition) is 5. The van der Waals surface area contributed by atoms with Crippen LogP contribution in [0, 0.1) is 10.1 Å². The fraction of sp³-hybridized carbons (Fsp3) is 0.0667. The maximum Gasteiger partial charge on any atom is 0.337 e. The van der Waals surface area contributed by atoms with Crippen molar-refractivity contribution >= 4 is 34.7 Å². The van der Waals surface area contributed by atoms with E-state index in [-0.39, 0.29) is 16.3 Å². The molecular weight excluding hydrogens is 322 g/mol. The Labute approximate surface area is 136 Å². The highest BCUT2D eigenvalue weighted by Crippen LogP contribution is 2.21. The topological polar surface area (TPSA) is 105 Å². The van der Waals surface area contributed by atoms with Gasteiger partial charge in [0.05, 0.1) is 26.9 Å². The molecule has 2 N–H and O–H groups in total. The lowest BCUT2D eigenvalue weighted by Gasteiger charge is -2.06. The van der Waals surface area contributed by atoms with Gasteiger partial charge in [0.15, 0.2) is 0 Å². The Bertz CT molecular complexity index is 788. The van der Waals surface area contributed by atoms with Crippen LogP contribution in [0.4, 0.5) is 11.4 Å². The molecule has 0 fully saturated rings. The van der Waals surface area contributed by atoms with Gasteiger partial charge in [0.25, 0.3) is 5.69 Å². The van der Waals surface area contributed by atoms with Gasteiger partial charge in [0.2, 0.25) is 0 Å². The van der Waals surface area contributed by atoms with Crippen LogP contribution in [0.25, 0.3) is 0 Å². The average molecular weight is 334 g/mol. The van der Waals surface area contributed by atoms with E-state index in [9.17, 15) is 14.9 Å². The van der Waals surface area contributed by atoms with Crippen molar-refractivity contribution in [1.29, 1.82) is 0 Å². The molecule has 0 saturated carbocycles. The van der Waals surface area contributed by atoms with Gasteiger partial charge in [0.1, 0.15) is 0 Å². The minimum atomic E-state index is -1.13. The molecule has 0 aliphatic heterocycles. The van der Waals surface area contributed by atoms with Crippen LogP contribution in [0.3, 0.4) is 0 Å². The predicted molar refractivity (Wildman–Crippen MR) is 87.3 cm³/mol. The number of aromatic carboxylic acids is 1. The molecule has 0 amide bonds. The molecule has 0 aliphatic carbocycles. The first-order chi connectivity index (χ1) is 10.9. The summed E-state index contributed by atoms with van der Waals surface area (Å²) in [5, 5.41) is 23.9. The van der Waals surface area contributed by atoms with Gasteiger partial charge in [-0.05, 0) is 42.8 Å². The van der Waals surface area contributed by atoms with E-state index in [4.69, 9.17) is 16.7 Å². The number of halogens is 1. The summed E-state index contributed by atoms with van der Waals surface area (Å²) in [5.41, 5.74) is 4.46. The summed E-state index contributed by atoms with van der Waals surface area (Å²) in [6.45, 7) is 1.72. The third-order valence-electron chi connectivity index (χ3n) is 3.05. The smallest absolute Gasteiger partial charge is 0.337 e. The molecule has 0 radical (unpaired) electrons. The van der Waals surface area contributed by atoms with Crippen LogP contribution in [-0.2, 0) is 0 Å². The van der Waals surface area contributed by atoms with Crippen LogP contribution in [0.1, 0.15) is 22.8 Å². The molecule has 2 aromatic rings. The summed E-state index contributed by atoms with van der Waals surface area (Å²) in [4.78, 5) is 21.2. The van der Waals surface area contributed by atoms with Crippen molar-refractivity contribution in [3.63, 3.8) is 0 Å². The van der Waals surface area contributed by atoms with Gasteiger partial charge in [-0.3, -0.25) is 15.5 Å². The lowest BCUT2D eigenvalue weighted by atomic mass is 10.1. The SMILES string of the molecule is C/C(=N/Nc1ccc(Cl)c(C(=O)O)c1)c1ccc([N+](=O)[O-])cc1. The van der Waals surface area contributed by atoms with E-state index in [1.165, 1.54) is 24.3 Å². The molecule has 0 bridgehead atoms. The van der Waals surface area contributed by atoms with Crippen molar-refractivity contribution in [2.24, 2.45) is 5.10 Å². The van der Waals surface area contributed by atoms with Crippen LogP contribution in [0.15, 0.2) is 47.6 Å². The number of nitro groups is 1. The highest BCUT2D eigenvalue weighted by Gasteiger charge is 2.09. The summed E-state index contributed by atoms with van der Waals surface area (Å²) >= 11 is 5.79. The number of nitro benzene ring substituents is 1. The van der Waals surface area contributed by atoms with Crippen molar-refractivity contribution < 1.29 is 14.8 Å². The molecule has 0 aromatic heterocycles. The van der Waals surface area contributed by atoms with Crippen molar-refractivity contribution in [3.05, 3.63) is 68.7 Å². The van der Waals surface area contributed by atoms with E-state index in [2.05, 4.69) is 10.5 Å². The summed E-state index contributed by atoms with van der Waals surface area (Å²) in [6, 6.07) is 10.4. The first-order valence-electron chi connectivity index (χ1n) is 6.46. The van der Waals surface area contributed by atoms with E-state index < -0.39 is 10.9 Å². The second kappa shape index (κ2) is 6.89. The van der Waals surface area contributed by atoms with Crippen molar-refractivity contribution in [1.82, 2.24) is 0 Å². The summed E-state index contributed by atoms with van der Waals surface area (Å²) in [5.74, 6) is -1.13. The van der Waals surface area contributed by atoms with Crippen LogP contribution in [-0.4, -0.2) is 21.7 Å². The number of rotatable bonds is 5. The number of non-ortho nitro benzene ring substituents is 1. The van der Waals surface area contributed by atoms with E-state index in [1.807, 2.05) is 0 Å². The van der Waals surface area contributed by atoms with E-state index >= 15 is 0 Å². The fourth-order valence-corrected chi connectivity index (χ4v) is 1.99. The molecule has 2 rings (SSSR count). The minimum absolute atomic E-state index is 0.00156. The standard InChI is InChI=1S/C15H12ClN3O4/c1-9(10-2-5-12(6-3-10)19(22)23)17-18-11-4-7-14(16)13(8-11)15(20)21/h2-8,18H,1H3,(H,20,21)/b17-9-. The Balaban J connectivity index is 2.17. The maximum atomic E-state index is 11.0. The van der Waals surface area contributed by atoms with Crippen LogP contribution >= 0.6 is 11.6 Å². The summed E-state index contributed by atoms with van der Waals surface area (Å²) in [6.07, 6.45) is 0. The van der Waals surface area contributed by atoms with Gasteiger partial charge in [-0.2, -0.15) is 5.10 Å². The summed E-state index contributed by atoms with van der Waals surface area (Å²) in [7, 11) is 0. The zero-order chi connectivity index (χ0) is 17.0. The average Bonchev–Trinajstić information content (AvgIpc) is 2.53. The van der Waals surface area contributed by atoms with Crippen LogP contribution in [0.5, 0.6) is 0 Å². The van der Waals surface area contributed by atoms with Gasteiger partial charge in [-0.1, -0.05) is 11.6 Å². The fourth-order valence-electron chi connectivity index (χ4n) is 1.80. The Kier molecular flexibility index (Phi) is 4.92. The molecular formula is C15H12ClN3O4. The number of carboxylic acids is 1. The molecule has 0 spiro atoms. The van der Waals surface area contributed by atoms with Crippen LogP contribution < -0.4 is 5.43 Å². The Hall–Kier alpha value is -2.93. The highest BCUT2D eigenvalue weighted by molar-refractivity contribution is 6.33. The third kappa shape index (κ3) is 4.04. The zero-order valence-electron chi connectivity index (χ0n) is 12.0. The largest absolute Gasteiger partial charge is 0.478 e. The normalized spacial score (nSPS) is 11.1. The molecule has 23 heavy (non-hydrogen) atoms. The Morgan fingerprint density at radius 3 is 2.48 bits per heavy atom. The monoisotopic (exact) mass is 333 g/mol. The maximum absolute atomic E-state index is 11.0. The Morgan fingerprint density at radius 1 is 1.26 bits per heavy atom. The van der Waals surface area contributed by atoms with Crippen molar-refractivity contribution in [3.8, 4) is 0 Å². The van der Waals surface area contributed by atoms with Gasteiger partial charge < -0.3 is 5.11 Å². The lowest BCUT2D eigenvalue weighted by Crippen LogP contribution is -2.02. The minimum Gasteiger partial charge on any atom is -0.478 e. The number of nitrogens with zero attached hydrogens (tertiary/aromatic N) is 2. The number of anilines is 1. The van der Waals surface area contributed by atoms with Crippen molar-refractivity contribution in [2.75, 3.05) is 5.43 Å². The van der Waals surface area contributed by atoms with Gasteiger partial charge in [-0.15, -0.1) is 0 Å². The third-order valence-corrected chi connectivity index (χ3v) is 3.37. The molecule has 0 atom stereocenters. The molecule has 0 saturated heterocycles. The van der Waals surface area contributed by atoms with Crippen molar-refractivity contribution in [2.45, 2.75) is 6.92 Å². The van der Waals surface area contributed by atoms with E-state index in [1.54, 1.807) is 25.1 Å². The zero-order valence-corrected chi connectivity index (χ0v) is 12.7. The van der Waals surface area contributed by atoms with E-state index in [0.29, 0.717) is 17.0 Å². The lowest BCUT2D eigenvalue weighted by molar-refractivity contribution is -0.384. The molecule has 2 aromatic carbocycles. The molecule has 0 aliphatic rings. The number of carbonyl (C=O) groups is 1. The number of benzene rings is 2. The first kappa shape index (κ1) is 16.4. The summed E-state index contributed by atoms with van der Waals surface area (Å²) < 4.78 is 0. The number of nitrogens with one attached hydrogen (secondary N) is 1. The second-order valence-electron chi connectivity index (χ2n) is 4.61. The molecule has 118 valence electrons. The second-order valence-corrected chi connectivity index (χ2v) is 5.02. The van der Waals surface area contributed by atoms with E-state index in [0.717, 1.165) is 0 Å². The van der Waals surface area contributed by atoms with Gasteiger partial charge in [0, 0.05) is 12.1 Å². The molecule has 8 heteroatoms. The van der Waals surface area contributed by atoms with Gasteiger partial charge >= 0.3 is 5.97 Å². The number of hydrazone groups is 1. The number of hydrogen-bond donors (Lipinski definition) is 2. The highest BCUT2D eigenvalue weighted by atomic mass is 35.5. The molecule has 0 heterocycles. The first-order valence-corrected chi connectivity index (χ1v) is 6.84. The van der Waals surface area contributed by atoms with Gasteiger partial charge in [-0.25, -0.2) is 4.79 Å². The number of carboxylic acid groups (broad SMARTS) is 1. The molecule has 7 nitrogen and oxygen atoms in total.